The van der Waals surface area contributed by atoms with Crippen molar-refractivity contribution in [2.75, 3.05) is 6.61 Å². The fourth-order valence-corrected chi connectivity index (χ4v) is 2.44. The molecule has 0 aromatic carbocycles. The van der Waals surface area contributed by atoms with Crippen LogP contribution < -0.4 is 5.56 Å². The average molecular weight is 277 g/mol. The van der Waals surface area contributed by atoms with Crippen LogP contribution in [0, 0.1) is 5.92 Å². The fourth-order valence-electron chi connectivity index (χ4n) is 2.44. The molecule has 5 heteroatoms. The molecular weight excluding hydrogens is 258 g/mol. The first kappa shape index (κ1) is 14.5. The highest BCUT2D eigenvalue weighted by atomic mass is 16.5. The molecule has 1 fully saturated rings. The van der Waals surface area contributed by atoms with Gasteiger partial charge in [-0.25, -0.2) is 4.79 Å². The van der Waals surface area contributed by atoms with Gasteiger partial charge in [0.2, 0.25) is 0 Å². The first-order valence-electron chi connectivity index (χ1n) is 6.94. The Morgan fingerprint density at radius 2 is 2.00 bits per heavy atom. The summed E-state index contributed by atoms with van der Waals surface area (Å²) >= 11 is 0. The van der Waals surface area contributed by atoms with Crippen LogP contribution in [0.5, 0.6) is 0 Å². The van der Waals surface area contributed by atoms with E-state index in [4.69, 9.17) is 4.74 Å². The zero-order chi connectivity index (χ0) is 14.5. The second kappa shape index (κ2) is 6.50. The molecule has 20 heavy (non-hydrogen) atoms. The number of pyridine rings is 1. The number of Topliss-reactive ketones (excluding diaryl/α,β-unsaturated/α-hetero) is 1. The first-order chi connectivity index (χ1) is 9.58. The number of nitrogens with zero attached hydrogens (tertiary/aromatic N) is 1. The molecule has 0 radical (unpaired) electrons. The van der Waals surface area contributed by atoms with Crippen molar-refractivity contribution in [1.82, 2.24) is 4.57 Å². The zero-order valence-corrected chi connectivity index (χ0v) is 11.6. The monoisotopic (exact) mass is 277 g/mol. The lowest BCUT2D eigenvalue weighted by molar-refractivity contribution is -0.126. The standard InChI is InChI=1S/C15H19NO4/c1-16-8-7-12(9-14(16)18)15(19)20-10-13(17)11-5-3-2-4-6-11/h7-9,11H,2-6,10H2,1H3. The van der Waals surface area contributed by atoms with Crippen molar-refractivity contribution < 1.29 is 14.3 Å². The van der Waals surface area contributed by atoms with Crippen molar-refractivity contribution in [3.05, 3.63) is 34.2 Å². The van der Waals surface area contributed by atoms with Crippen LogP contribution in [-0.4, -0.2) is 22.9 Å². The second-order valence-electron chi connectivity index (χ2n) is 5.24. The molecular formula is C15H19NO4. The summed E-state index contributed by atoms with van der Waals surface area (Å²) in [6.07, 6.45) is 6.60. The highest BCUT2D eigenvalue weighted by molar-refractivity contribution is 5.91. The average Bonchev–Trinajstić information content (AvgIpc) is 2.48. The number of ether oxygens (including phenoxy) is 1. The molecule has 1 saturated carbocycles. The van der Waals surface area contributed by atoms with Crippen LogP contribution >= 0.6 is 0 Å². The summed E-state index contributed by atoms with van der Waals surface area (Å²) in [7, 11) is 1.60. The Morgan fingerprint density at radius 3 is 2.65 bits per heavy atom. The van der Waals surface area contributed by atoms with Crippen LogP contribution in [0.2, 0.25) is 0 Å². The molecule has 1 heterocycles. The Kier molecular flexibility index (Phi) is 4.71. The van der Waals surface area contributed by atoms with Crippen LogP contribution in [-0.2, 0) is 16.6 Å². The maximum Gasteiger partial charge on any atom is 0.338 e. The molecule has 108 valence electrons. The molecule has 0 amide bonds. The third kappa shape index (κ3) is 3.56. The minimum absolute atomic E-state index is 0.0121. The molecule has 0 unspecified atom stereocenters. The molecule has 1 aliphatic carbocycles. The van der Waals surface area contributed by atoms with E-state index in [0.717, 1.165) is 25.7 Å². The molecule has 0 saturated heterocycles. The number of hydrogen-bond donors (Lipinski definition) is 0. The topological polar surface area (TPSA) is 65.4 Å². The maximum absolute atomic E-state index is 11.9. The molecule has 0 aliphatic heterocycles. The number of ketones is 1. The van der Waals surface area contributed by atoms with Gasteiger partial charge in [-0.1, -0.05) is 19.3 Å². The molecule has 0 spiro atoms. The Hall–Kier alpha value is -1.91. The Labute approximate surface area is 117 Å². The summed E-state index contributed by atoms with van der Waals surface area (Å²) < 4.78 is 6.37. The third-order valence-electron chi connectivity index (χ3n) is 3.75. The number of rotatable bonds is 4. The molecule has 1 aromatic heterocycles. The Bertz CT molecular complexity index is 555. The van der Waals surface area contributed by atoms with Crippen molar-refractivity contribution in [2.24, 2.45) is 13.0 Å². The van der Waals surface area contributed by atoms with E-state index in [2.05, 4.69) is 0 Å². The first-order valence-corrected chi connectivity index (χ1v) is 6.94. The summed E-state index contributed by atoms with van der Waals surface area (Å²) in [4.78, 5) is 35.1. The van der Waals surface area contributed by atoms with Gasteiger partial charge in [-0.15, -0.1) is 0 Å². The van der Waals surface area contributed by atoms with E-state index in [9.17, 15) is 14.4 Å². The van der Waals surface area contributed by atoms with Crippen LogP contribution in [0.25, 0.3) is 0 Å². The Morgan fingerprint density at radius 1 is 1.30 bits per heavy atom. The molecule has 2 rings (SSSR count). The van der Waals surface area contributed by atoms with E-state index in [1.165, 1.54) is 29.3 Å². The SMILES string of the molecule is Cn1ccc(C(=O)OCC(=O)C2CCCCC2)cc1=O. The number of carbonyl (C=O) groups excluding carboxylic acids is 2. The smallest absolute Gasteiger partial charge is 0.338 e. The van der Waals surface area contributed by atoms with Gasteiger partial charge >= 0.3 is 5.97 Å². The number of aryl methyl sites for hydroxylation is 1. The number of hydrogen-bond acceptors (Lipinski definition) is 4. The van der Waals surface area contributed by atoms with E-state index in [1.54, 1.807) is 7.05 Å². The molecule has 0 N–H and O–H groups in total. The zero-order valence-electron chi connectivity index (χ0n) is 11.6. The maximum atomic E-state index is 11.9. The highest BCUT2D eigenvalue weighted by Gasteiger charge is 2.22. The summed E-state index contributed by atoms with van der Waals surface area (Å²) in [5, 5.41) is 0. The highest BCUT2D eigenvalue weighted by Crippen LogP contribution is 2.24. The van der Waals surface area contributed by atoms with E-state index in [-0.39, 0.29) is 29.4 Å². The summed E-state index contributed by atoms with van der Waals surface area (Å²) in [6.45, 7) is -0.196. The largest absolute Gasteiger partial charge is 0.454 e. The van der Waals surface area contributed by atoms with Gasteiger partial charge in [-0.05, 0) is 18.9 Å². The predicted octanol–water partition coefficient (Wildman–Crippen LogP) is 1.69. The van der Waals surface area contributed by atoms with Crippen molar-refractivity contribution in [1.29, 1.82) is 0 Å². The number of carbonyl (C=O) groups is 2. The fraction of sp³-hybridized carbons (Fsp3) is 0.533. The van der Waals surface area contributed by atoms with Gasteiger partial charge in [0, 0.05) is 25.2 Å². The summed E-state index contributed by atoms with van der Waals surface area (Å²) in [5.74, 6) is -0.603. The van der Waals surface area contributed by atoms with Crippen molar-refractivity contribution in [3.63, 3.8) is 0 Å². The van der Waals surface area contributed by atoms with E-state index >= 15 is 0 Å². The van der Waals surface area contributed by atoms with E-state index < -0.39 is 5.97 Å². The lowest BCUT2D eigenvalue weighted by Crippen LogP contribution is -2.24. The molecule has 1 aliphatic rings. The molecule has 1 aromatic rings. The molecule has 0 atom stereocenters. The molecule has 5 nitrogen and oxygen atoms in total. The van der Waals surface area contributed by atoms with Crippen LogP contribution in [0.1, 0.15) is 42.5 Å². The van der Waals surface area contributed by atoms with Crippen molar-refractivity contribution in [2.45, 2.75) is 32.1 Å². The van der Waals surface area contributed by atoms with Gasteiger partial charge in [0.15, 0.2) is 12.4 Å². The van der Waals surface area contributed by atoms with Gasteiger partial charge in [-0.2, -0.15) is 0 Å². The lowest BCUT2D eigenvalue weighted by atomic mass is 9.86. The van der Waals surface area contributed by atoms with E-state index in [1.807, 2.05) is 0 Å². The predicted molar refractivity (Wildman–Crippen MR) is 73.5 cm³/mol. The Balaban J connectivity index is 1.89. The van der Waals surface area contributed by atoms with Crippen LogP contribution in [0.15, 0.2) is 23.1 Å². The van der Waals surface area contributed by atoms with Gasteiger partial charge in [0.1, 0.15) is 0 Å². The van der Waals surface area contributed by atoms with Gasteiger partial charge in [0.05, 0.1) is 5.56 Å². The van der Waals surface area contributed by atoms with Gasteiger partial charge in [-0.3, -0.25) is 9.59 Å². The lowest BCUT2D eigenvalue weighted by Gasteiger charge is -2.19. The van der Waals surface area contributed by atoms with Gasteiger partial charge < -0.3 is 9.30 Å². The normalized spacial score (nSPS) is 15.8. The minimum Gasteiger partial charge on any atom is -0.454 e. The summed E-state index contributed by atoms with van der Waals surface area (Å²) in [6, 6.07) is 2.72. The van der Waals surface area contributed by atoms with Crippen LogP contribution in [0.3, 0.4) is 0 Å². The molecule has 0 bridgehead atoms. The third-order valence-corrected chi connectivity index (χ3v) is 3.75. The summed E-state index contributed by atoms with van der Waals surface area (Å²) in [5.41, 5.74) is -0.0948. The quantitative estimate of drug-likeness (QED) is 0.786. The number of esters is 1. The van der Waals surface area contributed by atoms with Crippen molar-refractivity contribution >= 4 is 11.8 Å². The minimum atomic E-state index is -0.619. The van der Waals surface area contributed by atoms with Gasteiger partial charge in [0.25, 0.3) is 5.56 Å². The van der Waals surface area contributed by atoms with E-state index in [0.29, 0.717) is 0 Å². The van der Waals surface area contributed by atoms with Crippen molar-refractivity contribution in [3.8, 4) is 0 Å². The number of aromatic nitrogens is 1. The second-order valence-corrected chi connectivity index (χ2v) is 5.24. The van der Waals surface area contributed by atoms with Crippen LogP contribution in [0.4, 0.5) is 0 Å².